The summed E-state index contributed by atoms with van der Waals surface area (Å²) in [5, 5.41) is 5.53. The topological polar surface area (TPSA) is 43.6 Å². The molecule has 21 heavy (non-hydrogen) atoms. The second-order valence-corrected chi connectivity index (χ2v) is 5.76. The quantitative estimate of drug-likeness (QED) is 0.537. The van der Waals surface area contributed by atoms with Gasteiger partial charge in [0.1, 0.15) is 0 Å². The molecule has 3 aromatic rings. The second-order valence-electron chi connectivity index (χ2n) is 4.98. The van der Waals surface area contributed by atoms with E-state index in [1.807, 2.05) is 30.7 Å². The van der Waals surface area contributed by atoms with Crippen LogP contribution in [0.15, 0.2) is 47.8 Å². The normalized spacial score (nSPS) is 12.8. The molecule has 0 N–H and O–H groups in total. The van der Waals surface area contributed by atoms with Gasteiger partial charge in [0.2, 0.25) is 0 Å². The van der Waals surface area contributed by atoms with Crippen molar-refractivity contribution in [3.63, 3.8) is 0 Å². The van der Waals surface area contributed by atoms with E-state index in [1.165, 1.54) is 5.56 Å². The molecule has 0 atom stereocenters. The van der Waals surface area contributed by atoms with Gasteiger partial charge in [-0.15, -0.1) is 0 Å². The maximum absolute atomic E-state index is 4.72. The van der Waals surface area contributed by atoms with E-state index in [2.05, 4.69) is 32.8 Å². The van der Waals surface area contributed by atoms with Gasteiger partial charge < -0.3 is 0 Å². The van der Waals surface area contributed by atoms with Crippen molar-refractivity contribution in [2.24, 2.45) is 0 Å². The predicted octanol–water partition coefficient (Wildman–Crippen LogP) is 3.29. The van der Waals surface area contributed by atoms with E-state index in [9.17, 15) is 0 Å². The Kier molecular flexibility index (Phi) is 3.00. The van der Waals surface area contributed by atoms with Crippen molar-refractivity contribution in [3.05, 3.63) is 48.2 Å². The molecule has 1 aliphatic rings. The van der Waals surface area contributed by atoms with E-state index in [0.29, 0.717) is 0 Å². The highest BCUT2D eigenvalue weighted by Crippen LogP contribution is 2.31. The van der Waals surface area contributed by atoms with E-state index in [0.717, 1.165) is 40.8 Å². The van der Waals surface area contributed by atoms with Crippen LogP contribution in [0.3, 0.4) is 0 Å². The van der Waals surface area contributed by atoms with Crippen LogP contribution in [0.25, 0.3) is 22.6 Å². The van der Waals surface area contributed by atoms with Crippen molar-refractivity contribution in [1.82, 2.24) is 19.7 Å². The average Bonchev–Trinajstić information content (AvgIpc) is 3.00. The average molecular weight is 294 g/mol. The molecule has 0 spiro atoms. The van der Waals surface area contributed by atoms with Crippen LogP contribution in [0.5, 0.6) is 0 Å². The number of aromatic nitrogens is 4. The van der Waals surface area contributed by atoms with E-state index in [4.69, 9.17) is 5.10 Å². The second kappa shape index (κ2) is 5.00. The number of fused-ring (bicyclic) bond motifs is 3. The van der Waals surface area contributed by atoms with Crippen LogP contribution in [-0.2, 0) is 13.0 Å². The number of benzene rings is 1. The Hall–Kier alpha value is -2.14. The summed E-state index contributed by atoms with van der Waals surface area (Å²) in [6.07, 6.45) is 4.89. The fourth-order valence-electron chi connectivity index (χ4n) is 2.65. The van der Waals surface area contributed by atoms with Gasteiger partial charge in [0.25, 0.3) is 0 Å². The molecule has 0 bridgehead atoms. The van der Waals surface area contributed by atoms with Crippen molar-refractivity contribution in [2.45, 2.75) is 18.1 Å². The number of rotatable bonds is 2. The van der Waals surface area contributed by atoms with Crippen molar-refractivity contribution < 1.29 is 0 Å². The summed E-state index contributed by atoms with van der Waals surface area (Å²) in [5.74, 6) is 0. The van der Waals surface area contributed by atoms with Crippen molar-refractivity contribution in [3.8, 4) is 22.6 Å². The first-order valence-electron chi connectivity index (χ1n) is 6.89. The minimum atomic E-state index is 0.810. The molecule has 0 amide bonds. The highest BCUT2D eigenvalue weighted by Gasteiger charge is 2.21. The Morgan fingerprint density at radius 3 is 2.86 bits per heavy atom. The summed E-state index contributed by atoms with van der Waals surface area (Å²) in [5.41, 5.74) is 5.46. The largest absolute Gasteiger partial charge is 0.262 e. The van der Waals surface area contributed by atoms with Crippen molar-refractivity contribution in [2.75, 3.05) is 6.26 Å². The Labute approximate surface area is 127 Å². The fourth-order valence-corrected chi connectivity index (χ4v) is 2.99. The number of hydrogen-bond donors (Lipinski definition) is 0. The maximum Gasteiger partial charge on any atom is 0.187 e. The van der Waals surface area contributed by atoms with Crippen LogP contribution < -0.4 is 0 Å². The summed E-state index contributed by atoms with van der Waals surface area (Å²) < 4.78 is 2.06. The fraction of sp³-hybridized carbons (Fsp3) is 0.188. The van der Waals surface area contributed by atoms with Crippen molar-refractivity contribution in [1.29, 1.82) is 0 Å². The standard InChI is InChI=1S/C16H14N4S/c1-21-16-17-10-12-7-8-20-14(15(12)18-16)9-13(19-20)11-5-3-2-4-6-11/h2-6,9-10H,7-8H2,1H3. The lowest BCUT2D eigenvalue weighted by Gasteiger charge is -2.16. The number of aryl methyl sites for hydroxylation is 2. The molecule has 4 nitrogen and oxygen atoms in total. The smallest absolute Gasteiger partial charge is 0.187 e. The molecular weight excluding hydrogens is 280 g/mol. The van der Waals surface area contributed by atoms with E-state index in [1.54, 1.807) is 11.8 Å². The molecule has 4 rings (SSSR count). The van der Waals surface area contributed by atoms with Gasteiger partial charge in [0.15, 0.2) is 5.16 Å². The van der Waals surface area contributed by atoms with E-state index in [-0.39, 0.29) is 0 Å². The molecule has 0 aliphatic carbocycles. The summed E-state index contributed by atoms with van der Waals surface area (Å²) >= 11 is 1.57. The van der Waals surface area contributed by atoms with Crippen molar-refractivity contribution >= 4 is 11.8 Å². The van der Waals surface area contributed by atoms with Gasteiger partial charge in [0, 0.05) is 23.9 Å². The van der Waals surface area contributed by atoms with Crippen LogP contribution in [-0.4, -0.2) is 26.0 Å². The van der Waals surface area contributed by atoms with Crippen LogP contribution in [0.2, 0.25) is 0 Å². The molecule has 0 saturated heterocycles. The number of hydrogen-bond acceptors (Lipinski definition) is 4. The Morgan fingerprint density at radius 1 is 1.19 bits per heavy atom. The highest BCUT2D eigenvalue weighted by atomic mass is 32.2. The number of nitrogens with zero attached hydrogens (tertiary/aromatic N) is 4. The summed E-state index contributed by atoms with van der Waals surface area (Å²) in [6, 6.07) is 12.4. The highest BCUT2D eigenvalue weighted by molar-refractivity contribution is 7.98. The molecule has 2 aromatic heterocycles. The van der Waals surface area contributed by atoms with Gasteiger partial charge in [-0.1, -0.05) is 42.1 Å². The van der Waals surface area contributed by atoms with Crippen LogP contribution in [0.4, 0.5) is 0 Å². The zero-order valence-corrected chi connectivity index (χ0v) is 12.5. The van der Waals surface area contributed by atoms with Crippen LogP contribution in [0, 0.1) is 0 Å². The van der Waals surface area contributed by atoms with E-state index < -0.39 is 0 Å². The molecule has 0 saturated carbocycles. The Bertz CT molecular complexity index is 795. The Morgan fingerprint density at radius 2 is 2.05 bits per heavy atom. The lowest BCUT2D eigenvalue weighted by Crippen LogP contribution is -2.13. The van der Waals surface area contributed by atoms with Gasteiger partial charge in [-0.3, -0.25) is 4.68 Å². The third kappa shape index (κ3) is 2.14. The first-order valence-corrected chi connectivity index (χ1v) is 8.11. The minimum absolute atomic E-state index is 0.810. The summed E-state index contributed by atoms with van der Waals surface area (Å²) in [7, 11) is 0. The first kappa shape index (κ1) is 12.6. The summed E-state index contributed by atoms with van der Waals surface area (Å²) in [4.78, 5) is 9.04. The Balaban J connectivity index is 1.85. The molecule has 104 valence electrons. The molecule has 1 aliphatic heterocycles. The summed E-state index contributed by atoms with van der Waals surface area (Å²) in [6.45, 7) is 0.886. The molecule has 3 heterocycles. The van der Waals surface area contributed by atoms with Crippen LogP contribution >= 0.6 is 11.8 Å². The van der Waals surface area contributed by atoms with Gasteiger partial charge in [0.05, 0.1) is 17.1 Å². The SMILES string of the molecule is CSc1ncc2c(n1)-c1cc(-c3ccccc3)nn1CC2. The first-order chi connectivity index (χ1) is 10.3. The lowest BCUT2D eigenvalue weighted by atomic mass is 10.1. The number of thioether (sulfide) groups is 1. The van der Waals surface area contributed by atoms with Gasteiger partial charge >= 0.3 is 0 Å². The van der Waals surface area contributed by atoms with Gasteiger partial charge in [-0.05, 0) is 18.7 Å². The zero-order valence-electron chi connectivity index (χ0n) is 11.7. The van der Waals surface area contributed by atoms with Gasteiger partial charge in [-0.2, -0.15) is 5.10 Å². The van der Waals surface area contributed by atoms with E-state index >= 15 is 0 Å². The molecule has 0 radical (unpaired) electrons. The van der Waals surface area contributed by atoms with Crippen LogP contribution in [0.1, 0.15) is 5.56 Å². The third-order valence-corrected chi connectivity index (χ3v) is 4.27. The zero-order chi connectivity index (χ0) is 14.2. The molecular formula is C16H14N4S. The molecule has 1 aromatic carbocycles. The monoisotopic (exact) mass is 294 g/mol. The molecule has 0 unspecified atom stereocenters. The molecule has 0 fully saturated rings. The maximum atomic E-state index is 4.72. The third-order valence-electron chi connectivity index (χ3n) is 3.71. The predicted molar refractivity (Wildman–Crippen MR) is 84.2 cm³/mol. The van der Waals surface area contributed by atoms with Gasteiger partial charge in [-0.25, -0.2) is 9.97 Å². The minimum Gasteiger partial charge on any atom is -0.262 e. The molecule has 5 heteroatoms. The lowest BCUT2D eigenvalue weighted by molar-refractivity contribution is 0.601.